The van der Waals surface area contributed by atoms with E-state index in [2.05, 4.69) is 14.5 Å². The highest BCUT2D eigenvalue weighted by Gasteiger charge is 2.30. The highest BCUT2D eigenvalue weighted by molar-refractivity contribution is 7.87. The lowest BCUT2D eigenvalue weighted by atomic mass is 9.93. The predicted molar refractivity (Wildman–Crippen MR) is 128 cm³/mol. The Balaban J connectivity index is 1.85. The molecule has 0 aliphatic carbocycles. The van der Waals surface area contributed by atoms with Gasteiger partial charge in [0.05, 0.1) is 16.8 Å². The molecule has 3 aromatic rings. The molecule has 2 aromatic carbocycles. The summed E-state index contributed by atoms with van der Waals surface area (Å²) >= 11 is 0. The van der Waals surface area contributed by atoms with Crippen LogP contribution in [0.25, 0.3) is 11.3 Å². The van der Waals surface area contributed by atoms with Gasteiger partial charge >= 0.3 is 6.18 Å². The number of benzene rings is 2. The Morgan fingerprint density at radius 2 is 1.69 bits per heavy atom. The average Bonchev–Trinajstić information content (AvgIpc) is 3.20. The molecule has 190 valence electrons. The fourth-order valence-electron chi connectivity index (χ4n) is 3.42. The maximum Gasteiger partial charge on any atom is 0.416 e. The zero-order valence-corrected chi connectivity index (χ0v) is 20.8. The monoisotopic (exact) mass is 510 g/mol. The Morgan fingerprint density at radius 3 is 2.29 bits per heavy atom. The first kappa shape index (κ1) is 26.7. The lowest BCUT2D eigenvalue weighted by Crippen LogP contribution is -2.47. The number of hydrogen-bond acceptors (Lipinski definition) is 4. The lowest BCUT2D eigenvalue weighted by molar-refractivity contribution is -0.137. The van der Waals surface area contributed by atoms with Gasteiger partial charge in [-0.15, -0.1) is 0 Å². The van der Waals surface area contributed by atoms with Crippen molar-refractivity contribution < 1.29 is 26.3 Å². The second kappa shape index (κ2) is 10.4. The molecule has 0 saturated carbocycles. The second-order valence-electron chi connectivity index (χ2n) is 8.51. The number of aryl methyl sites for hydroxylation is 1. The van der Waals surface area contributed by atoms with E-state index < -0.39 is 27.5 Å². The van der Waals surface area contributed by atoms with Crippen LogP contribution in [0.1, 0.15) is 45.2 Å². The van der Waals surface area contributed by atoms with Gasteiger partial charge < -0.3 is 4.74 Å². The van der Waals surface area contributed by atoms with Crippen molar-refractivity contribution >= 4 is 10.2 Å². The van der Waals surface area contributed by atoms with Crippen molar-refractivity contribution in [3.8, 4) is 22.9 Å². The van der Waals surface area contributed by atoms with Gasteiger partial charge in [0.25, 0.3) is 10.2 Å². The molecule has 1 heterocycles. The number of halogens is 3. The maximum absolute atomic E-state index is 12.8. The van der Waals surface area contributed by atoms with Crippen LogP contribution in [-0.2, 0) is 28.5 Å². The predicted octanol–water partition coefficient (Wildman–Crippen LogP) is 5.45. The van der Waals surface area contributed by atoms with Crippen LogP contribution in [0.15, 0.2) is 54.6 Å². The molecule has 35 heavy (non-hydrogen) atoms. The molecule has 11 heteroatoms. The molecule has 0 atom stereocenters. The number of aromatic nitrogens is 2. The second-order valence-corrected chi connectivity index (χ2v) is 10.0. The van der Waals surface area contributed by atoms with Gasteiger partial charge in [0, 0.05) is 24.7 Å². The Kier molecular flexibility index (Phi) is 7.93. The molecule has 3 rings (SSSR count). The number of alkyl halides is 3. The fraction of sp³-hybridized carbons (Fsp3) is 0.375. The van der Waals surface area contributed by atoms with Gasteiger partial charge in [0.1, 0.15) is 5.75 Å². The van der Waals surface area contributed by atoms with Crippen LogP contribution in [0.4, 0.5) is 13.2 Å². The maximum atomic E-state index is 12.8. The van der Waals surface area contributed by atoms with Crippen LogP contribution < -0.4 is 14.2 Å². The molecule has 0 bridgehead atoms. The minimum atomic E-state index is -4.42. The summed E-state index contributed by atoms with van der Waals surface area (Å²) in [5.41, 5.74) is 0.393. The Labute approximate surface area is 203 Å². The van der Waals surface area contributed by atoms with E-state index in [-0.39, 0.29) is 5.75 Å². The van der Waals surface area contributed by atoms with E-state index in [0.29, 0.717) is 31.1 Å². The molecular formula is C24H29F3N4O3S. The molecule has 0 amide bonds. The topological polar surface area (TPSA) is 85.3 Å². The van der Waals surface area contributed by atoms with Gasteiger partial charge in [-0.1, -0.05) is 25.1 Å². The molecule has 2 N–H and O–H groups in total. The number of hydrogen-bond donors (Lipinski definition) is 2. The third-order valence-electron chi connectivity index (χ3n) is 5.26. The summed E-state index contributed by atoms with van der Waals surface area (Å²) in [5, 5.41) is 4.55. The normalized spacial score (nSPS) is 12.7. The standard InChI is InChI=1S/C24H29F3N4O3S/c1-5-14-28-35(32,33)30-23(3,4)19-9-7-8-17(15-19)21-16-22(31(6-2)29-21)34-20-12-10-18(11-13-20)24(25,26)27/h7-13,15-16,28,30H,5-6,14H2,1-4H3. The van der Waals surface area contributed by atoms with Crippen LogP contribution in [0.3, 0.4) is 0 Å². The van der Waals surface area contributed by atoms with Gasteiger partial charge in [0.2, 0.25) is 5.88 Å². The quantitative estimate of drug-likeness (QED) is 0.380. The van der Waals surface area contributed by atoms with E-state index in [1.54, 1.807) is 24.6 Å². The van der Waals surface area contributed by atoms with Gasteiger partial charge in [0.15, 0.2) is 0 Å². The van der Waals surface area contributed by atoms with Crippen LogP contribution >= 0.6 is 0 Å². The average molecular weight is 511 g/mol. The number of nitrogens with zero attached hydrogens (tertiary/aromatic N) is 2. The molecule has 0 aliphatic heterocycles. The summed E-state index contributed by atoms with van der Waals surface area (Å²) in [6.45, 7) is 8.09. The van der Waals surface area contributed by atoms with Crippen molar-refractivity contribution in [1.29, 1.82) is 0 Å². The number of nitrogens with one attached hydrogen (secondary N) is 2. The molecule has 1 aromatic heterocycles. The van der Waals surface area contributed by atoms with Gasteiger partial charge in [-0.3, -0.25) is 0 Å². The SMILES string of the molecule is CCCNS(=O)(=O)NC(C)(C)c1cccc(-c2cc(Oc3ccc(C(F)(F)F)cc3)n(CC)n2)c1. The highest BCUT2D eigenvalue weighted by atomic mass is 32.2. The highest BCUT2D eigenvalue weighted by Crippen LogP contribution is 2.33. The fourth-order valence-corrected chi connectivity index (χ4v) is 4.75. The van der Waals surface area contributed by atoms with E-state index >= 15 is 0 Å². The minimum absolute atomic E-state index is 0.253. The molecule has 7 nitrogen and oxygen atoms in total. The van der Waals surface area contributed by atoms with E-state index in [1.165, 1.54) is 12.1 Å². The molecule has 0 fully saturated rings. The number of ether oxygens (including phenoxy) is 1. The summed E-state index contributed by atoms with van der Waals surface area (Å²) in [7, 11) is -3.69. The van der Waals surface area contributed by atoms with E-state index in [0.717, 1.165) is 23.3 Å². The smallest absolute Gasteiger partial charge is 0.416 e. The molecular weight excluding hydrogens is 481 g/mol. The summed E-state index contributed by atoms with van der Waals surface area (Å²) in [6, 6.07) is 13.5. The summed E-state index contributed by atoms with van der Waals surface area (Å²) in [4.78, 5) is 0. The van der Waals surface area contributed by atoms with Gasteiger partial charge in [-0.2, -0.15) is 31.4 Å². The minimum Gasteiger partial charge on any atom is -0.439 e. The summed E-state index contributed by atoms with van der Waals surface area (Å²) < 4.78 is 75.7. The largest absolute Gasteiger partial charge is 0.439 e. The number of rotatable bonds is 10. The van der Waals surface area contributed by atoms with Crippen molar-refractivity contribution in [3.05, 3.63) is 65.7 Å². The zero-order valence-electron chi connectivity index (χ0n) is 20.0. The van der Waals surface area contributed by atoms with Crippen LogP contribution in [0.5, 0.6) is 11.6 Å². The Bertz CT molecular complexity index is 1250. The van der Waals surface area contributed by atoms with Crippen LogP contribution in [-0.4, -0.2) is 24.7 Å². The lowest BCUT2D eigenvalue weighted by Gasteiger charge is -2.27. The van der Waals surface area contributed by atoms with Gasteiger partial charge in [-0.25, -0.2) is 9.40 Å². The first-order valence-electron chi connectivity index (χ1n) is 11.2. The van der Waals surface area contributed by atoms with Crippen LogP contribution in [0.2, 0.25) is 0 Å². The third-order valence-corrected chi connectivity index (χ3v) is 6.62. The Morgan fingerprint density at radius 1 is 1.00 bits per heavy atom. The van der Waals surface area contributed by atoms with Gasteiger partial charge in [-0.05, 0) is 63.1 Å². The zero-order chi connectivity index (χ0) is 25.9. The van der Waals surface area contributed by atoms with E-state index in [4.69, 9.17) is 4.74 Å². The van der Waals surface area contributed by atoms with Crippen LogP contribution in [0, 0.1) is 0 Å². The molecule has 0 radical (unpaired) electrons. The third kappa shape index (κ3) is 6.83. The molecule has 0 saturated heterocycles. The van der Waals surface area contributed by atoms with E-state index in [1.807, 2.05) is 38.1 Å². The van der Waals surface area contributed by atoms with Crippen molar-refractivity contribution in [3.63, 3.8) is 0 Å². The van der Waals surface area contributed by atoms with Crippen molar-refractivity contribution in [2.75, 3.05) is 6.54 Å². The molecule has 0 unspecified atom stereocenters. The van der Waals surface area contributed by atoms with Crippen molar-refractivity contribution in [2.24, 2.45) is 0 Å². The van der Waals surface area contributed by atoms with Crippen molar-refractivity contribution in [2.45, 2.75) is 52.4 Å². The first-order chi connectivity index (χ1) is 16.3. The summed E-state index contributed by atoms with van der Waals surface area (Å²) in [6.07, 6.45) is -3.75. The van der Waals surface area contributed by atoms with Crippen molar-refractivity contribution in [1.82, 2.24) is 19.2 Å². The first-order valence-corrected chi connectivity index (χ1v) is 12.7. The summed E-state index contributed by atoms with van der Waals surface area (Å²) in [5.74, 6) is 0.624. The Hall–Kier alpha value is -2.89. The van der Waals surface area contributed by atoms with E-state index in [9.17, 15) is 21.6 Å². The molecule has 0 spiro atoms. The molecule has 0 aliphatic rings.